The van der Waals surface area contributed by atoms with Gasteiger partial charge in [-0.3, -0.25) is 9.78 Å². The molecule has 1 saturated heterocycles. The molecule has 132 valence electrons. The standard InChI is InChI=1S/C16H15F2N3O3S/c17-14-4-3-13(10-15(14)18)25(23,24)21-8-6-20(7-9-21)16(22)12-2-1-5-19-11-12/h1-5,10-11H,6-9H2. The Kier molecular flexibility index (Phi) is 4.78. The second kappa shape index (κ2) is 6.85. The number of carbonyl (C=O) groups excluding carboxylic acids is 1. The molecular weight excluding hydrogens is 352 g/mol. The summed E-state index contributed by atoms with van der Waals surface area (Å²) >= 11 is 0. The quantitative estimate of drug-likeness (QED) is 0.825. The normalized spacial score (nSPS) is 16.0. The predicted molar refractivity (Wildman–Crippen MR) is 85.3 cm³/mol. The van der Waals surface area contributed by atoms with Crippen molar-refractivity contribution in [2.75, 3.05) is 26.2 Å². The van der Waals surface area contributed by atoms with E-state index in [9.17, 15) is 22.0 Å². The topological polar surface area (TPSA) is 70.6 Å². The number of halogens is 2. The summed E-state index contributed by atoms with van der Waals surface area (Å²) in [5.41, 5.74) is 0.430. The number of sulfonamides is 1. The van der Waals surface area contributed by atoms with Crippen LogP contribution in [-0.2, 0) is 10.0 Å². The van der Waals surface area contributed by atoms with E-state index in [0.29, 0.717) is 11.6 Å². The Hall–Kier alpha value is -2.39. The third kappa shape index (κ3) is 3.52. The van der Waals surface area contributed by atoms with Crippen molar-refractivity contribution in [3.05, 3.63) is 59.9 Å². The third-order valence-corrected chi connectivity index (χ3v) is 5.86. The number of nitrogens with zero attached hydrogens (tertiary/aromatic N) is 3. The average Bonchev–Trinajstić information content (AvgIpc) is 2.64. The first kappa shape index (κ1) is 17.4. The first-order valence-corrected chi connectivity index (χ1v) is 8.98. The smallest absolute Gasteiger partial charge is 0.255 e. The van der Waals surface area contributed by atoms with Crippen LogP contribution in [0.3, 0.4) is 0 Å². The molecule has 25 heavy (non-hydrogen) atoms. The molecule has 1 aliphatic heterocycles. The number of hydrogen-bond donors (Lipinski definition) is 0. The zero-order valence-corrected chi connectivity index (χ0v) is 13.9. The summed E-state index contributed by atoms with van der Waals surface area (Å²) in [7, 11) is -3.94. The van der Waals surface area contributed by atoms with Crippen molar-refractivity contribution in [2.24, 2.45) is 0 Å². The van der Waals surface area contributed by atoms with Crippen molar-refractivity contribution in [1.82, 2.24) is 14.2 Å². The van der Waals surface area contributed by atoms with Crippen molar-refractivity contribution < 1.29 is 22.0 Å². The predicted octanol–water partition coefficient (Wildman–Crippen LogP) is 1.51. The van der Waals surface area contributed by atoms with Gasteiger partial charge in [-0.2, -0.15) is 4.31 Å². The molecule has 1 aromatic carbocycles. The monoisotopic (exact) mass is 367 g/mol. The molecule has 1 amide bonds. The van der Waals surface area contributed by atoms with E-state index < -0.39 is 21.7 Å². The van der Waals surface area contributed by atoms with E-state index in [4.69, 9.17) is 0 Å². The van der Waals surface area contributed by atoms with Gasteiger partial charge in [0.2, 0.25) is 10.0 Å². The average molecular weight is 367 g/mol. The molecule has 0 saturated carbocycles. The summed E-state index contributed by atoms with van der Waals surface area (Å²) < 4.78 is 52.5. The van der Waals surface area contributed by atoms with Crippen LogP contribution in [0.1, 0.15) is 10.4 Å². The fraction of sp³-hybridized carbons (Fsp3) is 0.250. The Morgan fingerprint density at radius 3 is 2.36 bits per heavy atom. The fourth-order valence-corrected chi connectivity index (χ4v) is 4.02. The molecule has 3 rings (SSSR count). The highest BCUT2D eigenvalue weighted by Gasteiger charge is 2.31. The molecule has 0 spiro atoms. The summed E-state index contributed by atoms with van der Waals surface area (Å²) in [4.78, 5) is 17.5. The van der Waals surface area contributed by atoms with E-state index in [2.05, 4.69) is 4.98 Å². The number of hydrogen-bond acceptors (Lipinski definition) is 4. The van der Waals surface area contributed by atoms with E-state index in [1.54, 1.807) is 18.3 Å². The molecule has 0 radical (unpaired) electrons. The van der Waals surface area contributed by atoms with E-state index in [1.807, 2.05) is 0 Å². The SMILES string of the molecule is O=C(c1cccnc1)N1CCN(S(=O)(=O)c2ccc(F)c(F)c2)CC1. The van der Waals surface area contributed by atoms with Gasteiger partial charge >= 0.3 is 0 Å². The van der Waals surface area contributed by atoms with E-state index in [1.165, 1.54) is 11.1 Å². The third-order valence-electron chi connectivity index (χ3n) is 3.96. The Balaban J connectivity index is 1.71. The van der Waals surface area contributed by atoms with Gasteiger partial charge in [0.25, 0.3) is 5.91 Å². The van der Waals surface area contributed by atoms with Gasteiger partial charge in [-0.05, 0) is 30.3 Å². The second-order valence-electron chi connectivity index (χ2n) is 5.51. The Labute approximate surface area is 143 Å². The molecule has 2 heterocycles. The molecule has 0 atom stereocenters. The highest BCUT2D eigenvalue weighted by atomic mass is 32.2. The minimum Gasteiger partial charge on any atom is -0.336 e. The second-order valence-corrected chi connectivity index (χ2v) is 7.45. The molecule has 1 aromatic heterocycles. The summed E-state index contributed by atoms with van der Waals surface area (Å²) in [5.74, 6) is -2.55. The lowest BCUT2D eigenvalue weighted by Crippen LogP contribution is -2.50. The molecule has 6 nitrogen and oxygen atoms in total. The maximum Gasteiger partial charge on any atom is 0.255 e. The van der Waals surface area contributed by atoms with Crippen LogP contribution in [0.5, 0.6) is 0 Å². The molecule has 0 N–H and O–H groups in total. The molecule has 0 aliphatic carbocycles. The number of piperazine rings is 1. The van der Waals surface area contributed by atoms with E-state index >= 15 is 0 Å². The van der Waals surface area contributed by atoms with Gasteiger partial charge in [-0.25, -0.2) is 17.2 Å². The summed E-state index contributed by atoms with van der Waals surface area (Å²) in [6.45, 7) is 0.563. The Morgan fingerprint density at radius 1 is 1.04 bits per heavy atom. The van der Waals surface area contributed by atoms with Crippen molar-refractivity contribution >= 4 is 15.9 Å². The van der Waals surface area contributed by atoms with Crippen LogP contribution in [0, 0.1) is 11.6 Å². The molecule has 9 heteroatoms. The van der Waals surface area contributed by atoms with Crippen molar-refractivity contribution in [3.8, 4) is 0 Å². The molecule has 0 unspecified atom stereocenters. The number of amides is 1. The first-order valence-electron chi connectivity index (χ1n) is 7.54. The van der Waals surface area contributed by atoms with E-state index in [0.717, 1.165) is 16.4 Å². The van der Waals surface area contributed by atoms with E-state index in [-0.39, 0.29) is 37.0 Å². The lowest BCUT2D eigenvalue weighted by molar-refractivity contribution is 0.0697. The molecule has 1 aliphatic rings. The Morgan fingerprint density at radius 2 is 1.76 bits per heavy atom. The Bertz CT molecular complexity index is 883. The fourth-order valence-electron chi connectivity index (χ4n) is 2.59. The minimum atomic E-state index is -3.94. The maximum absolute atomic E-state index is 13.3. The van der Waals surface area contributed by atoms with Crippen LogP contribution < -0.4 is 0 Å². The largest absolute Gasteiger partial charge is 0.336 e. The summed E-state index contributed by atoms with van der Waals surface area (Å²) in [6, 6.07) is 5.76. The number of pyridine rings is 1. The van der Waals surface area contributed by atoms with Gasteiger partial charge in [-0.1, -0.05) is 0 Å². The number of carbonyl (C=O) groups is 1. The lowest BCUT2D eigenvalue weighted by atomic mass is 10.2. The van der Waals surface area contributed by atoms with Crippen LogP contribution in [0.4, 0.5) is 8.78 Å². The van der Waals surface area contributed by atoms with Gasteiger partial charge in [-0.15, -0.1) is 0 Å². The van der Waals surface area contributed by atoms with Crippen LogP contribution in [0.15, 0.2) is 47.6 Å². The van der Waals surface area contributed by atoms with Gasteiger partial charge in [0.15, 0.2) is 11.6 Å². The number of rotatable bonds is 3. The molecule has 1 fully saturated rings. The minimum absolute atomic E-state index is 0.0767. The van der Waals surface area contributed by atoms with Gasteiger partial charge in [0.1, 0.15) is 0 Å². The lowest BCUT2D eigenvalue weighted by Gasteiger charge is -2.34. The van der Waals surface area contributed by atoms with Gasteiger partial charge in [0, 0.05) is 38.6 Å². The zero-order valence-electron chi connectivity index (χ0n) is 13.1. The highest BCUT2D eigenvalue weighted by Crippen LogP contribution is 2.20. The van der Waals surface area contributed by atoms with Crippen molar-refractivity contribution in [2.45, 2.75) is 4.90 Å². The van der Waals surface area contributed by atoms with Gasteiger partial charge in [0.05, 0.1) is 10.5 Å². The summed E-state index contributed by atoms with van der Waals surface area (Å²) in [5, 5.41) is 0. The van der Waals surface area contributed by atoms with Crippen molar-refractivity contribution in [1.29, 1.82) is 0 Å². The van der Waals surface area contributed by atoms with Crippen molar-refractivity contribution in [3.63, 3.8) is 0 Å². The van der Waals surface area contributed by atoms with Crippen LogP contribution in [-0.4, -0.2) is 54.7 Å². The molecule has 2 aromatic rings. The number of aromatic nitrogens is 1. The maximum atomic E-state index is 13.3. The van der Waals surface area contributed by atoms with Gasteiger partial charge < -0.3 is 4.90 Å². The highest BCUT2D eigenvalue weighted by molar-refractivity contribution is 7.89. The molecular formula is C16H15F2N3O3S. The zero-order chi connectivity index (χ0) is 18.0. The molecule has 0 bridgehead atoms. The van der Waals surface area contributed by atoms with Crippen LogP contribution in [0.25, 0.3) is 0 Å². The summed E-state index contributed by atoms with van der Waals surface area (Å²) in [6.07, 6.45) is 3.01. The van der Waals surface area contributed by atoms with Crippen LogP contribution in [0.2, 0.25) is 0 Å². The first-order chi connectivity index (χ1) is 11.9. The van der Waals surface area contributed by atoms with Crippen LogP contribution >= 0.6 is 0 Å². The number of benzene rings is 1.